The molecule has 3 fully saturated rings. The van der Waals surface area contributed by atoms with E-state index >= 15 is 0 Å². The van der Waals surface area contributed by atoms with Gasteiger partial charge >= 0.3 is 6.01 Å². The first-order valence-corrected chi connectivity index (χ1v) is 16.5. The monoisotopic (exact) mass is 623 g/mol. The fourth-order valence-corrected chi connectivity index (χ4v) is 8.09. The molecule has 0 bridgehead atoms. The number of nitrogens with zero attached hydrogens (tertiary/aromatic N) is 7. The van der Waals surface area contributed by atoms with Gasteiger partial charge in [-0.2, -0.15) is 15.2 Å². The molecule has 0 N–H and O–H groups in total. The molecule has 2 aromatic carbocycles. The number of rotatable bonds is 7. The zero-order valence-corrected chi connectivity index (χ0v) is 26.8. The Bertz CT molecular complexity index is 1710. The molecule has 10 heteroatoms. The number of anilines is 2. The van der Waals surface area contributed by atoms with Crippen LogP contribution in [0.2, 0.25) is 0 Å². The molecule has 1 saturated carbocycles. The summed E-state index contributed by atoms with van der Waals surface area (Å²) < 4.78 is 20.3. The number of aryl methyl sites for hydroxylation is 1. The van der Waals surface area contributed by atoms with Crippen molar-refractivity contribution in [1.29, 1.82) is 5.26 Å². The number of hydrogen-bond donors (Lipinski definition) is 0. The van der Waals surface area contributed by atoms with Crippen molar-refractivity contribution < 1.29 is 13.9 Å². The average molecular weight is 624 g/mol. The van der Waals surface area contributed by atoms with Crippen molar-refractivity contribution in [2.45, 2.75) is 76.0 Å². The second-order valence-corrected chi connectivity index (χ2v) is 13.5. The molecule has 4 heterocycles. The quantitative estimate of drug-likeness (QED) is 0.327. The maximum atomic E-state index is 13.9. The number of nitriles is 1. The summed E-state index contributed by atoms with van der Waals surface area (Å²) in [5, 5.41) is 12.1. The highest BCUT2D eigenvalue weighted by molar-refractivity contribution is 5.97. The molecule has 1 aliphatic carbocycles. The zero-order chi connectivity index (χ0) is 32.0. The fraction of sp³-hybridized carbons (Fsp3) is 0.500. The lowest BCUT2D eigenvalue weighted by Crippen LogP contribution is -2.59. The summed E-state index contributed by atoms with van der Waals surface area (Å²) in [6.45, 7) is 8.74. The van der Waals surface area contributed by atoms with Gasteiger partial charge in [-0.1, -0.05) is 36.9 Å². The summed E-state index contributed by atoms with van der Waals surface area (Å²) in [6.07, 6.45) is 6.46. The van der Waals surface area contributed by atoms with E-state index in [0.29, 0.717) is 38.3 Å². The summed E-state index contributed by atoms with van der Waals surface area (Å²) in [4.78, 5) is 31.3. The lowest BCUT2D eigenvalue weighted by atomic mass is 9.68. The van der Waals surface area contributed by atoms with Crippen LogP contribution < -0.4 is 14.5 Å². The molecule has 1 amide bonds. The molecule has 240 valence electrons. The second-order valence-electron chi connectivity index (χ2n) is 13.5. The number of halogens is 1. The molecule has 0 radical (unpaired) electrons. The lowest BCUT2D eigenvalue weighted by Gasteiger charge is -2.55. The lowest BCUT2D eigenvalue weighted by molar-refractivity contribution is -0.131. The maximum Gasteiger partial charge on any atom is 0.318 e. The Morgan fingerprint density at radius 3 is 2.63 bits per heavy atom. The van der Waals surface area contributed by atoms with E-state index in [1.165, 1.54) is 33.3 Å². The third kappa shape index (κ3) is 5.34. The number of ether oxygens (including phenoxy) is 1. The molecule has 7 rings (SSSR count). The first kappa shape index (κ1) is 30.4. The molecule has 3 aliphatic heterocycles. The third-order valence-electron chi connectivity index (χ3n) is 10.8. The van der Waals surface area contributed by atoms with Crippen LogP contribution in [0.3, 0.4) is 0 Å². The first-order valence-electron chi connectivity index (χ1n) is 16.5. The van der Waals surface area contributed by atoms with Crippen molar-refractivity contribution in [2.24, 2.45) is 0 Å². The van der Waals surface area contributed by atoms with Gasteiger partial charge in [0.05, 0.1) is 30.8 Å². The van der Waals surface area contributed by atoms with Gasteiger partial charge in [-0.3, -0.25) is 4.79 Å². The van der Waals surface area contributed by atoms with E-state index in [1.807, 2.05) is 0 Å². The summed E-state index contributed by atoms with van der Waals surface area (Å²) in [6, 6.07) is 15.5. The van der Waals surface area contributed by atoms with E-state index in [1.54, 1.807) is 0 Å². The molecule has 46 heavy (non-hydrogen) atoms. The average Bonchev–Trinajstić information content (AvgIpc) is 3.45. The minimum absolute atomic E-state index is 0.0492. The summed E-state index contributed by atoms with van der Waals surface area (Å²) in [5.74, 6) is -0.934. The molecule has 2 atom stereocenters. The van der Waals surface area contributed by atoms with Gasteiger partial charge in [0, 0.05) is 54.3 Å². The topological polar surface area (TPSA) is 88.8 Å². The molecule has 9 nitrogen and oxygen atoms in total. The minimum atomic E-state index is -1.00. The fourth-order valence-electron chi connectivity index (χ4n) is 8.09. The number of hydrogen-bond acceptors (Lipinski definition) is 8. The van der Waals surface area contributed by atoms with Crippen molar-refractivity contribution in [3.8, 4) is 12.1 Å². The Labute approximate surface area is 270 Å². The third-order valence-corrected chi connectivity index (χ3v) is 10.8. The number of benzene rings is 2. The highest BCUT2D eigenvalue weighted by Crippen LogP contribution is 2.50. The highest BCUT2D eigenvalue weighted by atomic mass is 19.1. The molecule has 0 unspecified atom stereocenters. The number of piperazine rings is 1. The first-order chi connectivity index (χ1) is 22.3. The minimum Gasteiger partial charge on any atom is -0.462 e. The van der Waals surface area contributed by atoms with Crippen molar-refractivity contribution >= 4 is 28.2 Å². The van der Waals surface area contributed by atoms with Crippen LogP contribution >= 0.6 is 0 Å². The van der Waals surface area contributed by atoms with E-state index in [4.69, 9.17) is 14.7 Å². The molecular weight excluding hydrogens is 581 g/mol. The van der Waals surface area contributed by atoms with E-state index in [9.17, 15) is 14.4 Å². The highest BCUT2D eigenvalue weighted by Gasteiger charge is 2.48. The normalized spacial score (nSPS) is 22.4. The van der Waals surface area contributed by atoms with Crippen LogP contribution in [0.5, 0.6) is 6.01 Å². The molecule has 2 saturated heterocycles. The van der Waals surface area contributed by atoms with Crippen LogP contribution in [0.1, 0.15) is 55.3 Å². The van der Waals surface area contributed by atoms with E-state index in [2.05, 4.69) is 77.7 Å². The Morgan fingerprint density at radius 1 is 1.13 bits per heavy atom. The number of carbonyl (C=O) groups excluding carboxylic acids is 1. The van der Waals surface area contributed by atoms with Crippen LogP contribution in [-0.2, 0) is 17.8 Å². The van der Waals surface area contributed by atoms with Crippen molar-refractivity contribution in [2.75, 3.05) is 49.6 Å². The molecule has 1 aromatic heterocycles. The van der Waals surface area contributed by atoms with Gasteiger partial charge in [0.1, 0.15) is 12.4 Å². The van der Waals surface area contributed by atoms with E-state index < -0.39 is 17.8 Å². The van der Waals surface area contributed by atoms with Gasteiger partial charge in [0.15, 0.2) is 5.83 Å². The SMILES string of the molecule is C=C(F)C(=O)N1CCN(c2nc(OC[C@@H]3CCCN3C)nc3c2CC2(CCC2)N(c2cccc4cccc(C)c24)C3)C[C@@H]1CC#N. The van der Waals surface area contributed by atoms with E-state index in [-0.39, 0.29) is 18.5 Å². The van der Waals surface area contributed by atoms with Crippen molar-refractivity contribution in [3.05, 3.63) is 65.6 Å². The van der Waals surface area contributed by atoms with Crippen molar-refractivity contribution in [3.63, 3.8) is 0 Å². The van der Waals surface area contributed by atoms with Gasteiger partial charge in [-0.15, -0.1) is 0 Å². The van der Waals surface area contributed by atoms with Gasteiger partial charge in [0.25, 0.3) is 5.91 Å². The van der Waals surface area contributed by atoms with Gasteiger partial charge in [-0.05, 0) is 69.6 Å². The molecular formula is C36H42FN7O2. The molecule has 3 aromatic rings. The van der Waals surface area contributed by atoms with Crippen LogP contribution in [0.15, 0.2) is 48.8 Å². The number of carbonyl (C=O) groups is 1. The number of likely N-dealkylation sites (tertiary alicyclic amines) is 1. The van der Waals surface area contributed by atoms with Crippen LogP contribution in [-0.4, -0.2) is 83.1 Å². The second kappa shape index (κ2) is 12.2. The Balaban J connectivity index is 1.29. The Hall–Kier alpha value is -4.23. The van der Waals surface area contributed by atoms with Gasteiger partial charge < -0.3 is 24.3 Å². The van der Waals surface area contributed by atoms with Gasteiger partial charge in [-0.25, -0.2) is 4.39 Å². The Morgan fingerprint density at radius 2 is 1.93 bits per heavy atom. The van der Waals surface area contributed by atoms with E-state index in [0.717, 1.165) is 55.7 Å². The number of amides is 1. The van der Waals surface area contributed by atoms with Crippen LogP contribution in [0, 0.1) is 18.3 Å². The zero-order valence-electron chi connectivity index (χ0n) is 26.8. The largest absolute Gasteiger partial charge is 0.462 e. The number of fused-ring (bicyclic) bond motifs is 2. The predicted molar refractivity (Wildman–Crippen MR) is 177 cm³/mol. The Kier molecular flexibility index (Phi) is 8.05. The smallest absolute Gasteiger partial charge is 0.318 e. The van der Waals surface area contributed by atoms with Crippen LogP contribution in [0.4, 0.5) is 15.9 Å². The molecule has 1 spiro atoms. The number of aromatic nitrogens is 2. The van der Waals surface area contributed by atoms with Crippen molar-refractivity contribution in [1.82, 2.24) is 19.8 Å². The maximum absolute atomic E-state index is 13.9. The van der Waals surface area contributed by atoms with Gasteiger partial charge in [0.2, 0.25) is 0 Å². The van der Waals surface area contributed by atoms with Crippen LogP contribution in [0.25, 0.3) is 10.8 Å². The summed E-state index contributed by atoms with van der Waals surface area (Å²) in [5.41, 5.74) is 4.52. The number of likely N-dealkylation sites (N-methyl/N-ethyl adjacent to an activating group) is 1. The molecule has 4 aliphatic rings. The standard InChI is InChI=1S/C36H42FN7O2/c1-24-8-4-9-26-10-5-12-31(32(24)26)44-22-30-29(20-36(44)14-7-15-36)33(40-35(39-30)46-23-28-11-6-17-41(28)3)42-18-19-43(34(45)25(2)37)27(21-42)13-16-38/h4-5,8-10,12,27-28H,2,6-7,11,13-15,17-23H2,1,3H3/t27-,28-/m0/s1. The summed E-state index contributed by atoms with van der Waals surface area (Å²) >= 11 is 0. The summed E-state index contributed by atoms with van der Waals surface area (Å²) in [7, 11) is 2.13. The predicted octanol–water partition coefficient (Wildman–Crippen LogP) is 5.31.